The highest BCUT2D eigenvalue weighted by atomic mass is 32.2. The second-order valence-electron chi connectivity index (χ2n) is 5.73. The van der Waals surface area contributed by atoms with Crippen LogP contribution in [0.2, 0.25) is 0 Å². The number of hydrogen-bond acceptors (Lipinski definition) is 5. The number of piperidine rings is 1. The molecule has 1 amide bonds. The number of carbonyl (C=O) groups is 1. The third-order valence-electron chi connectivity index (χ3n) is 4.22. The first-order chi connectivity index (χ1) is 11.0. The molecule has 8 heteroatoms. The molecule has 0 aliphatic carbocycles. The molecular formula is C15H20N4O3S. The van der Waals surface area contributed by atoms with Crippen molar-refractivity contribution in [1.29, 1.82) is 0 Å². The zero-order valence-corrected chi connectivity index (χ0v) is 13.6. The summed E-state index contributed by atoms with van der Waals surface area (Å²) in [5, 5.41) is 2.81. The second kappa shape index (κ2) is 6.29. The minimum absolute atomic E-state index is 0.0245. The summed E-state index contributed by atoms with van der Waals surface area (Å²) in [7, 11) is -3.59. The van der Waals surface area contributed by atoms with Crippen molar-refractivity contribution >= 4 is 21.8 Å². The van der Waals surface area contributed by atoms with Crippen LogP contribution >= 0.6 is 0 Å². The fraction of sp³-hybridized carbons (Fsp3) is 0.467. The third-order valence-corrected chi connectivity index (χ3v) is 5.55. The van der Waals surface area contributed by atoms with Gasteiger partial charge in [0.15, 0.2) is 5.84 Å². The summed E-state index contributed by atoms with van der Waals surface area (Å²) in [5.41, 5.74) is 6.04. The lowest BCUT2D eigenvalue weighted by molar-refractivity contribution is -0.126. The third kappa shape index (κ3) is 3.09. The quantitative estimate of drug-likeness (QED) is 0.803. The van der Waals surface area contributed by atoms with E-state index >= 15 is 0 Å². The number of nitrogens with zero attached hydrogens (tertiary/aromatic N) is 2. The number of sulfonamides is 1. The maximum absolute atomic E-state index is 12.1. The van der Waals surface area contributed by atoms with Gasteiger partial charge in [-0.05, 0) is 25.0 Å². The zero-order valence-electron chi connectivity index (χ0n) is 12.7. The van der Waals surface area contributed by atoms with Gasteiger partial charge in [-0.25, -0.2) is 0 Å². The second-order valence-corrected chi connectivity index (χ2v) is 7.30. The average Bonchev–Trinajstić information content (AvgIpc) is 2.85. The van der Waals surface area contributed by atoms with Crippen molar-refractivity contribution in [2.75, 3.05) is 26.2 Å². The van der Waals surface area contributed by atoms with E-state index in [1.54, 1.807) is 18.2 Å². The van der Waals surface area contributed by atoms with Gasteiger partial charge in [-0.15, -0.1) is 4.40 Å². The maximum atomic E-state index is 12.1. The van der Waals surface area contributed by atoms with E-state index in [2.05, 4.69) is 9.71 Å². The van der Waals surface area contributed by atoms with Crippen molar-refractivity contribution in [3.63, 3.8) is 0 Å². The van der Waals surface area contributed by atoms with Crippen molar-refractivity contribution < 1.29 is 13.2 Å². The Hall–Kier alpha value is -1.93. The summed E-state index contributed by atoms with van der Waals surface area (Å²) in [5.74, 6) is 0.476. The molecule has 1 saturated heterocycles. The molecule has 0 atom stereocenters. The van der Waals surface area contributed by atoms with Crippen LogP contribution in [-0.2, 0) is 14.8 Å². The van der Waals surface area contributed by atoms with Crippen LogP contribution in [0.1, 0.15) is 18.4 Å². The van der Waals surface area contributed by atoms with Crippen molar-refractivity contribution in [2.45, 2.75) is 17.7 Å². The first-order valence-electron chi connectivity index (χ1n) is 7.70. The van der Waals surface area contributed by atoms with Crippen LogP contribution < -0.4 is 11.1 Å². The molecule has 0 spiro atoms. The highest BCUT2D eigenvalue weighted by Crippen LogP contribution is 2.29. The van der Waals surface area contributed by atoms with Crippen LogP contribution in [0.5, 0.6) is 0 Å². The molecule has 124 valence electrons. The number of carbonyl (C=O) groups excluding carboxylic acids is 1. The molecule has 0 unspecified atom stereocenters. The van der Waals surface area contributed by atoms with E-state index in [4.69, 9.17) is 5.73 Å². The summed E-state index contributed by atoms with van der Waals surface area (Å²) in [6.45, 7) is 2.14. The molecule has 0 saturated carbocycles. The Balaban J connectivity index is 1.71. The Morgan fingerprint density at radius 2 is 2.00 bits per heavy atom. The minimum Gasteiger partial charge on any atom is -0.355 e. The Labute approximate surface area is 135 Å². The van der Waals surface area contributed by atoms with Gasteiger partial charge in [0.2, 0.25) is 5.91 Å². The number of amides is 1. The van der Waals surface area contributed by atoms with Crippen molar-refractivity contribution in [3.05, 3.63) is 29.8 Å². The van der Waals surface area contributed by atoms with Crippen LogP contribution in [0.4, 0.5) is 0 Å². The van der Waals surface area contributed by atoms with Crippen LogP contribution in [0.15, 0.2) is 33.6 Å². The normalized spacial score (nSPS) is 20.0. The molecule has 0 bridgehead atoms. The number of nitrogens with two attached hydrogens (primary N) is 1. The number of amidine groups is 1. The molecule has 2 heterocycles. The fourth-order valence-corrected chi connectivity index (χ4v) is 4.24. The number of rotatable bonds is 3. The van der Waals surface area contributed by atoms with E-state index in [0.29, 0.717) is 50.4 Å². The van der Waals surface area contributed by atoms with Gasteiger partial charge < -0.3 is 16.0 Å². The fourth-order valence-electron chi connectivity index (χ4n) is 3.01. The van der Waals surface area contributed by atoms with E-state index < -0.39 is 10.0 Å². The van der Waals surface area contributed by atoms with Crippen molar-refractivity contribution in [2.24, 2.45) is 16.0 Å². The zero-order chi connectivity index (χ0) is 16.4. The molecule has 0 radical (unpaired) electrons. The van der Waals surface area contributed by atoms with Crippen molar-refractivity contribution in [1.82, 2.24) is 10.2 Å². The number of likely N-dealkylation sites (tertiary alicyclic amines) is 1. The lowest BCUT2D eigenvalue weighted by Gasteiger charge is -2.32. The van der Waals surface area contributed by atoms with E-state index in [1.165, 1.54) is 0 Å². The lowest BCUT2D eigenvalue weighted by atomic mass is 9.95. The van der Waals surface area contributed by atoms with E-state index in [9.17, 15) is 13.2 Å². The smallest absolute Gasteiger partial charge is 0.285 e. The predicted molar refractivity (Wildman–Crippen MR) is 86.5 cm³/mol. The van der Waals surface area contributed by atoms with Crippen LogP contribution in [0.3, 0.4) is 0 Å². The van der Waals surface area contributed by atoms with Gasteiger partial charge in [0.1, 0.15) is 4.90 Å². The highest BCUT2D eigenvalue weighted by molar-refractivity contribution is 7.90. The number of fused-ring (bicyclic) bond motifs is 1. The van der Waals surface area contributed by atoms with Gasteiger partial charge in [0.05, 0.1) is 0 Å². The summed E-state index contributed by atoms with van der Waals surface area (Å²) >= 11 is 0. The maximum Gasteiger partial charge on any atom is 0.285 e. The van der Waals surface area contributed by atoms with Gasteiger partial charge in [-0.3, -0.25) is 4.79 Å². The van der Waals surface area contributed by atoms with Crippen LogP contribution in [-0.4, -0.2) is 51.2 Å². The van der Waals surface area contributed by atoms with Crippen LogP contribution in [0.25, 0.3) is 0 Å². The van der Waals surface area contributed by atoms with Gasteiger partial charge in [0.25, 0.3) is 10.0 Å². The molecule has 1 aromatic rings. The van der Waals surface area contributed by atoms with Gasteiger partial charge in [-0.2, -0.15) is 8.42 Å². The monoisotopic (exact) mass is 336 g/mol. The molecule has 0 aromatic heterocycles. The number of nitrogens with one attached hydrogen (secondary N) is 1. The first-order valence-corrected chi connectivity index (χ1v) is 9.14. The molecule has 2 aliphatic heterocycles. The highest BCUT2D eigenvalue weighted by Gasteiger charge is 2.34. The molecule has 1 aromatic carbocycles. The lowest BCUT2D eigenvalue weighted by Crippen LogP contribution is -2.43. The Morgan fingerprint density at radius 1 is 1.30 bits per heavy atom. The summed E-state index contributed by atoms with van der Waals surface area (Å²) in [6, 6.07) is 6.86. The summed E-state index contributed by atoms with van der Waals surface area (Å²) < 4.78 is 28.1. The van der Waals surface area contributed by atoms with Crippen LogP contribution in [0, 0.1) is 5.92 Å². The summed E-state index contributed by atoms with van der Waals surface area (Å²) in [6.07, 6.45) is 1.36. The minimum atomic E-state index is -3.59. The molecule has 7 nitrogen and oxygen atoms in total. The summed E-state index contributed by atoms with van der Waals surface area (Å²) in [4.78, 5) is 14.2. The Morgan fingerprint density at radius 3 is 2.70 bits per heavy atom. The SMILES string of the molecule is NCCNC(=O)C1CCN(C2=NS(=O)(=O)c3ccccc32)CC1. The number of hydrogen-bond donors (Lipinski definition) is 2. The standard InChI is InChI=1S/C15H20N4O3S/c16-7-8-17-15(20)11-5-9-19(10-6-11)14-12-3-1-2-4-13(12)23(21,22)18-14/h1-4,11H,5-10,16H2,(H,17,20). The van der Waals surface area contributed by atoms with E-state index in [0.717, 1.165) is 0 Å². The molecule has 3 rings (SSSR count). The predicted octanol–water partition coefficient (Wildman–Crippen LogP) is -0.0776. The molecule has 1 fully saturated rings. The van der Waals surface area contributed by atoms with Gasteiger partial charge >= 0.3 is 0 Å². The molecular weight excluding hydrogens is 316 g/mol. The molecule has 23 heavy (non-hydrogen) atoms. The van der Waals surface area contributed by atoms with E-state index in [1.807, 2.05) is 11.0 Å². The van der Waals surface area contributed by atoms with Crippen molar-refractivity contribution in [3.8, 4) is 0 Å². The average molecular weight is 336 g/mol. The number of benzene rings is 1. The molecule has 3 N–H and O–H groups in total. The Bertz CT molecular complexity index is 737. The van der Waals surface area contributed by atoms with Gasteiger partial charge in [0, 0.05) is 37.7 Å². The first kappa shape index (κ1) is 15.9. The largest absolute Gasteiger partial charge is 0.355 e. The van der Waals surface area contributed by atoms with Gasteiger partial charge in [-0.1, -0.05) is 12.1 Å². The molecule has 2 aliphatic rings. The topological polar surface area (TPSA) is 105 Å². The van der Waals surface area contributed by atoms with E-state index in [-0.39, 0.29) is 16.7 Å². The Kier molecular flexibility index (Phi) is 4.36.